The Labute approximate surface area is 202 Å². The van der Waals surface area contributed by atoms with Crippen molar-refractivity contribution >= 4 is 17.6 Å². The molecule has 36 heavy (non-hydrogen) atoms. The minimum Gasteiger partial charge on any atom is -0.383 e. The molecule has 2 aromatic carbocycles. The van der Waals surface area contributed by atoms with Gasteiger partial charge in [0, 0.05) is 6.54 Å². The molecule has 3 rings (SSSR count). The van der Waals surface area contributed by atoms with Crippen LogP contribution in [0.1, 0.15) is 27.6 Å². The molecule has 8 nitrogen and oxygen atoms in total. The van der Waals surface area contributed by atoms with Crippen LogP contribution >= 0.6 is 0 Å². The van der Waals surface area contributed by atoms with E-state index in [0.29, 0.717) is 10.6 Å². The van der Waals surface area contributed by atoms with Crippen LogP contribution in [0.3, 0.4) is 0 Å². The van der Waals surface area contributed by atoms with Crippen LogP contribution in [0.5, 0.6) is 0 Å². The smallest absolute Gasteiger partial charge is 0.383 e. The van der Waals surface area contributed by atoms with Crippen LogP contribution in [-0.4, -0.2) is 63.0 Å². The number of aliphatic hydroxyl groups is 1. The standard InChI is InChI=1S/C23H22F5N5O3/c1-2-32(21(35)16-5-3-4-6-18(16)25)13-22(36,23(26,27)28)12-30-20(34)17-11-31-33(19(17)29)15-9-7-14(24)8-10-15/h3-11,36H,2,12-13,29H2,1H3,(H,30,34)/t22-/m0/s1. The third kappa shape index (κ3) is 5.46. The van der Waals surface area contributed by atoms with Crippen LogP contribution in [0.4, 0.5) is 27.8 Å². The molecule has 0 aliphatic rings. The van der Waals surface area contributed by atoms with E-state index in [1.165, 1.54) is 31.2 Å². The third-order valence-electron chi connectivity index (χ3n) is 5.42. The van der Waals surface area contributed by atoms with E-state index in [2.05, 4.69) is 5.10 Å². The van der Waals surface area contributed by atoms with Gasteiger partial charge in [-0.2, -0.15) is 18.3 Å². The van der Waals surface area contributed by atoms with E-state index < -0.39 is 53.9 Å². The maximum Gasteiger partial charge on any atom is 0.420 e. The zero-order valence-corrected chi connectivity index (χ0v) is 18.9. The average Bonchev–Trinajstić information content (AvgIpc) is 3.22. The van der Waals surface area contributed by atoms with Crippen molar-refractivity contribution in [3.63, 3.8) is 0 Å². The topological polar surface area (TPSA) is 113 Å². The molecule has 13 heteroatoms. The molecule has 0 saturated carbocycles. The molecule has 1 atom stereocenters. The molecule has 4 N–H and O–H groups in total. The zero-order valence-electron chi connectivity index (χ0n) is 18.9. The highest BCUT2D eigenvalue weighted by Gasteiger charge is 2.55. The SMILES string of the molecule is CCN(C[C@@](O)(CNC(=O)c1cnn(-c2ccc(F)cc2)c1N)C(F)(F)F)C(=O)c1ccccc1F. The summed E-state index contributed by atoms with van der Waals surface area (Å²) >= 11 is 0. The molecule has 192 valence electrons. The van der Waals surface area contributed by atoms with E-state index in [1.54, 1.807) is 0 Å². The Hall–Kier alpha value is -4.00. The Morgan fingerprint density at radius 2 is 1.72 bits per heavy atom. The summed E-state index contributed by atoms with van der Waals surface area (Å²) in [4.78, 5) is 25.8. The van der Waals surface area contributed by atoms with Gasteiger partial charge in [-0.15, -0.1) is 0 Å². The molecule has 0 saturated heterocycles. The Morgan fingerprint density at radius 3 is 2.31 bits per heavy atom. The Balaban J connectivity index is 1.79. The number of hydrogen-bond donors (Lipinski definition) is 3. The predicted octanol–water partition coefficient (Wildman–Crippen LogP) is 2.92. The lowest BCUT2D eigenvalue weighted by Gasteiger charge is -2.35. The third-order valence-corrected chi connectivity index (χ3v) is 5.42. The first kappa shape index (κ1) is 26.6. The summed E-state index contributed by atoms with van der Waals surface area (Å²) in [6.45, 7) is -1.53. The lowest BCUT2D eigenvalue weighted by Crippen LogP contribution is -2.60. The number of likely N-dealkylation sites (N-methyl/N-ethyl adjacent to an activating group) is 1. The molecule has 3 aromatic rings. The Bertz CT molecular complexity index is 1250. The van der Waals surface area contributed by atoms with Crippen molar-refractivity contribution in [2.75, 3.05) is 25.4 Å². The summed E-state index contributed by atoms with van der Waals surface area (Å²) < 4.78 is 69.8. The molecular formula is C23H22F5N5O3. The first-order chi connectivity index (χ1) is 16.9. The first-order valence-electron chi connectivity index (χ1n) is 10.6. The number of nitrogen functional groups attached to an aromatic ring is 1. The van der Waals surface area contributed by atoms with Gasteiger partial charge >= 0.3 is 6.18 Å². The van der Waals surface area contributed by atoms with Gasteiger partial charge in [-0.1, -0.05) is 12.1 Å². The van der Waals surface area contributed by atoms with E-state index in [-0.39, 0.29) is 17.9 Å². The summed E-state index contributed by atoms with van der Waals surface area (Å²) in [5.41, 5.74) is 1.86. The van der Waals surface area contributed by atoms with Crippen LogP contribution in [0.15, 0.2) is 54.7 Å². The highest BCUT2D eigenvalue weighted by molar-refractivity contribution is 5.98. The molecule has 0 aliphatic heterocycles. The number of aromatic nitrogens is 2. The molecule has 1 aromatic heterocycles. The molecule has 0 unspecified atom stereocenters. The van der Waals surface area contributed by atoms with Crippen molar-refractivity contribution in [1.82, 2.24) is 20.0 Å². The van der Waals surface area contributed by atoms with Crippen molar-refractivity contribution < 1.29 is 36.6 Å². The fourth-order valence-corrected chi connectivity index (χ4v) is 3.34. The maximum absolute atomic E-state index is 14.0. The number of carbonyl (C=O) groups excluding carboxylic acids is 2. The summed E-state index contributed by atoms with van der Waals surface area (Å²) in [6, 6.07) is 9.65. The maximum atomic E-state index is 14.0. The van der Waals surface area contributed by atoms with E-state index in [0.717, 1.165) is 35.1 Å². The highest BCUT2D eigenvalue weighted by Crippen LogP contribution is 2.31. The van der Waals surface area contributed by atoms with Crippen molar-refractivity contribution in [1.29, 1.82) is 0 Å². The van der Waals surface area contributed by atoms with Crippen LogP contribution in [0.2, 0.25) is 0 Å². The molecule has 2 amide bonds. The number of anilines is 1. The molecular weight excluding hydrogens is 489 g/mol. The van der Waals surface area contributed by atoms with Gasteiger partial charge in [-0.05, 0) is 43.3 Å². The van der Waals surface area contributed by atoms with E-state index in [1.807, 2.05) is 5.32 Å². The number of nitrogens with zero attached hydrogens (tertiary/aromatic N) is 3. The second-order valence-electron chi connectivity index (χ2n) is 7.84. The minimum absolute atomic E-state index is 0.237. The van der Waals surface area contributed by atoms with Gasteiger partial charge in [0.2, 0.25) is 0 Å². The van der Waals surface area contributed by atoms with Gasteiger partial charge in [0.1, 0.15) is 23.0 Å². The van der Waals surface area contributed by atoms with E-state index >= 15 is 0 Å². The second-order valence-corrected chi connectivity index (χ2v) is 7.84. The normalized spacial score (nSPS) is 13.2. The molecule has 0 fully saturated rings. The minimum atomic E-state index is -5.27. The lowest BCUT2D eigenvalue weighted by atomic mass is 10.0. The van der Waals surface area contributed by atoms with Gasteiger partial charge in [0.15, 0.2) is 5.60 Å². The number of carbonyl (C=O) groups is 2. The van der Waals surface area contributed by atoms with Gasteiger partial charge in [0.25, 0.3) is 11.8 Å². The summed E-state index contributed by atoms with van der Waals surface area (Å²) in [5, 5.41) is 16.3. The van der Waals surface area contributed by atoms with Crippen LogP contribution < -0.4 is 11.1 Å². The fourth-order valence-electron chi connectivity index (χ4n) is 3.34. The number of nitrogens with two attached hydrogens (primary N) is 1. The lowest BCUT2D eigenvalue weighted by molar-refractivity contribution is -0.259. The van der Waals surface area contributed by atoms with Gasteiger partial charge in [-0.25, -0.2) is 13.5 Å². The number of nitrogens with one attached hydrogen (secondary N) is 1. The molecule has 0 spiro atoms. The Morgan fingerprint density at radius 1 is 1.08 bits per heavy atom. The van der Waals surface area contributed by atoms with Gasteiger partial charge in [0.05, 0.1) is 30.5 Å². The molecule has 0 bridgehead atoms. The highest BCUT2D eigenvalue weighted by atomic mass is 19.4. The number of benzene rings is 2. The van der Waals surface area contributed by atoms with Crippen LogP contribution in [0, 0.1) is 11.6 Å². The second kappa shape index (κ2) is 10.3. The van der Waals surface area contributed by atoms with Crippen molar-refractivity contribution in [2.45, 2.75) is 18.7 Å². The average molecular weight is 511 g/mol. The van der Waals surface area contributed by atoms with Gasteiger partial charge in [-0.3, -0.25) is 9.59 Å². The summed E-state index contributed by atoms with van der Waals surface area (Å²) in [5.74, 6) is -3.83. The molecule has 0 radical (unpaired) electrons. The fraction of sp³-hybridized carbons (Fsp3) is 0.261. The van der Waals surface area contributed by atoms with Crippen molar-refractivity contribution in [3.8, 4) is 5.69 Å². The number of hydrogen-bond acceptors (Lipinski definition) is 5. The summed E-state index contributed by atoms with van der Waals surface area (Å²) in [7, 11) is 0. The summed E-state index contributed by atoms with van der Waals surface area (Å²) in [6.07, 6.45) is -4.27. The monoisotopic (exact) mass is 511 g/mol. The predicted molar refractivity (Wildman–Crippen MR) is 119 cm³/mol. The van der Waals surface area contributed by atoms with Crippen molar-refractivity contribution in [3.05, 3.63) is 77.5 Å². The number of amides is 2. The zero-order chi connectivity index (χ0) is 26.7. The van der Waals surface area contributed by atoms with Crippen molar-refractivity contribution in [2.24, 2.45) is 0 Å². The van der Waals surface area contributed by atoms with E-state index in [9.17, 15) is 36.6 Å². The largest absolute Gasteiger partial charge is 0.420 e. The van der Waals surface area contributed by atoms with Crippen LogP contribution in [0.25, 0.3) is 5.69 Å². The Kier molecular flexibility index (Phi) is 7.62. The number of halogens is 5. The molecule has 1 heterocycles. The quantitative estimate of drug-likeness (QED) is 0.403. The van der Waals surface area contributed by atoms with E-state index in [4.69, 9.17) is 5.73 Å². The molecule has 0 aliphatic carbocycles. The first-order valence-corrected chi connectivity index (χ1v) is 10.6. The van der Waals surface area contributed by atoms with Gasteiger partial charge < -0.3 is 21.1 Å². The van der Waals surface area contributed by atoms with Crippen LogP contribution in [-0.2, 0) is 0 Å². The number of rotatable bonds is 8. The number of alkyl halides is 3.